The molecule has 0 aliphatic rings. The monoisotopic (exact) mass is 285 g/mol. The minimum Gasteiger partial charge on any atom is -0.507 e. The number of anilines is 1. The molecule has 0 fully saturated rings. The Hall–Kier alpha value is -2.49. The van der Waals surface area contributed by atoms with E-state index in [0.717, 1.165) is 22.4 Å². The third-order valence-electron chi connectivity index (χ3n) is 3.37. The highest BCUT2D eigenvalue weighted by Crippen LogP contribution is 2.28. The molecule has 21 heavy (non-hydrogen) atoms. The van der Waals surface area contributed by atoms with E-state index in [4.69, 9.17) is 4.74 Å². The highest BCUT2D eigenvalue weighted by Gasteiger charge is 2.22. The average Bonchev–Trinajstić information content (AvgIpc) is 2.50. The number of carbonyl (C=O) groups excluding carboxylic acids is 1. The number of nitrogens with one attached hydrogen (secondary N) is 1. The molecule has 2 N–H and O–H groups in total. The van der Waals surface area contributed by atoms with Gasteiger partial charge in [0, 0.05) is 5.69 Å². The van der Waals surface area contributed by atoms with Gasteiger partial charge in [-0.1, -0.05) is 18.2 Å². The molecule has 0 saturated carbocycles. The second-order valence-electron chi connectivity index (χ2n) is 4.97. The summed E-state index contributed by atoms with van der Waals surface area (Å²) in [7, 11) is 1.36. The van der Waals surface area contributed by atoms with Gasteiger partial charge in [-0.05, 0) is 54.8 Å². The van der Waals surface area contributed by atoms with Crippen LogP contribution in [0.1, 0.15) is 22.7 Å². The number of aryl methyl sites for hydroxylation is 2. The van der Waals surface area contributed by atoms with Crippen LogP contribution in [0, 0.1) is 13.8 Å². The smallest absolute Gasteiger partial charge is 0.332 e. The number of aromatic hydroxyl groups is 1. The SMILES string of the molecule is COC(=O)C(Nc1ccccc1)c1cc(C)c(O)c(C)c1. The van der Waals surface area contributed by atoms with E-state index in [1.807, 2.05) is 44.2 Å². The van der Waals surface area contributed by atoms with Crippen LogP contribution in [-0.2, 0) is 9.53 Å². The van der Waals surface area contributed by atoms with E-state index in [0.29, 0.717) is 0 Å². The van der Waals surface area contributed by atoms with Crippen molar-refractivity contribution in [3.8, 4) is 5.75 Å². The van der Waals surface area contributed by atoms with Gasteiger partial charge in [-0.15, -0.1) is 0 Å². The van der Waals surface area contributed by atoms with Crippen LogP contribution in [0.4, 0.5) is 5.69 Å². The molecular formula is C17H19NO3. The molecule has 0 radical (unpaired) electrons. The van der Waals surface area contributed by atoms with Crippen molar-refractivity contribution in [2.75, 3.05) is 12.4 Å². The Bertz CT molecular complexity index is 615. The molecular weight excluding hydrogens is 266 g/mol. The van der Waals surface area contributed by atoms with Gasteiger partial charge >= 0.3 is 5.97 Å². The van der Waals surface area contributed by atoms with Gasteiger partial charge in [0.2, 0.25) is 0 Å². The highest BCUT2D eigenvalue weighted by molar-refractivity contribution is 5.81. The van der Waals surface area contributed by atoms with E-state index in [1.54, 1.807) is 12.1 Å². The topological polar surface area (TPSA) is 58.6 Å². The third kappa shape index (κ3) is 3.34. The van der Waals surface area contributed by atoms with Crippen molar-refractivity contribution in [2.24, 2.45) is 0 Å². The molecule has 2 aromatic rings. The molecule has 1 atom stereocenters. The number of hydrogen-bond donors (Lipinski definition) is 2. The largest absolute Gasteiger partial charge is 0.507 e. The normalized spacial score (nSPS) is 11.8. The minimum atomic E-state index is -0.615. The van der Waals surface area contributed by atoms with Gasteiger partial charge in [0.25, 0.3) is 0 Å². The van der Waals surface area contributed by atoms with Gasteiger partial charge < -0.3 is 15.2 Å². The summed E-state index contributed by atoms with van der Waals surface area (Å²) in [6.45, 7) is 3.62. The Morgan fingerprint density at radius 2 is 1.71 bits per heavy atom. The number of rotatable bonds is 4. The molecule has 0 heterocycles. The van der Waals surface area contributed by atoms with Crippen LogP contribution in [0.2, 0.25) is 0 Å². The van der Waals surface area contributed by atoms with Gasteiger partial charge in [0.1, 0.15) is 5.75 Å². The van der Waals surface area contributed by atoms with Crippen LogP contribution in [0.3, 0.4) is 0 Å². The first-order valence-electron chi connectivity index (χ1n) is 6.72. The number of para-hydroxylation sites is 1. The van der Waals surface area contributed by atoms with Crippen molar-refractivity contribution in [1.82, 2.24) is 0 Å². The minimum absolute atomic E-state index is 0.252. The van der Waals surface area contributed by atoms with Gasteiger partial charge in [-0.2, -0.15) is 0 Å². The fourth-order valence-electron chi connectivity index (χ4n) is 2.25. The van der Waals surface area contributed by atoms with E-state index in [2.05, 4.69) is 5.32 Å². The van der Waals surface area contributed by atoms with Crippen molar-refractivity contribution in [3.05, 3.63) is 59.2 Å². The zero-order valence-corrected chi connectivity index (χ0v) is 12.4. The van der Waals surface area contributed by atoms with Crippen LogP contribution in [0.15, 0.2) is 42.5 Å². The standard InChI is InChI=1S/C17H19NO3/c1-11-9-13(10-12(2)16(11)19)15(17(20)21-3)18-14-7-5-4-6-8-14/h4-10,15,18-19H,1-3H3. The zero-order chi connectivity index (χ0) is 15.4. The third-order valence-corrected chi connectivity index (χ3v) is 3.37. The molecule has 1 unspecified atom stereocenters. The predicted molar refractivity (Wildman–Crippen MR) is 82.4 cm³/mol. The maximum Gasteiger partial charge on any atom is 0.332 e. The van der Waals surface area contributed by atoms with Crippen LogP contribution in [0.25, 0.3) is 0 Å². The zero-order valence-electron chi connectivity index (χ0n) is 12.4. The first kappa shape index (κ1) is 14.9. The van der Waals surface area contributed by atoms with Crippen LogP contribution in [-0.4, -0.2) is 18.2 Å². The molecule has 0 aliphatic heterocycles. The Kier molecular flexibility index (Phi) is 4.48. The van der Waals surface area contributed by atoms with Crippen molar-refractivity contribution in [3.63, 3.8) is 0 Å². The molecule has 2 rings (SSSR count). The fourth-order valence-corrected chi connectivity index (χ4v) is 2.25. The molecule has 4 heteroatoms. The quantitative estimate of drug-likeness (QED) is 0.846. The molecule has 110 valence electrons. The lowest BCUT2D eigenvalue weighted by Gasteiger charge is -2.19. The second kappa shape index (κ2) is 6.31. The van der Waals surface area contributed by atoms with Crippen LogP contribution in [0.5, 0.6) is 5.75 Å². The summed E-state index contributed by atoms with van der Waals surface area (Å²) < 4.78 is 4.89. The number of hydrogen-bond acceptors (Lipinski definition) is 4. The number of phenols is 1. The molecule has 0 amide bonds. The average molecular weight is 285 g/mol. The molecule has 0 saturated heterocycles. The first-order valence-corrected chi connectivity index (χ1v) is 6.72. The number of phenolic OH excluding ortho intramolecular Hbond substituents is 1. The summed E-state index contributed by atoms with van der Waals surface area (Å²) >= 11 is 0. The summed E-state index contributed by atoms with van der Waals surface area (Å²) in [5.41, 5.74) is 3.05. The van der Waals surface area contributed by atoms with Gasteiger partial charge in [-0.25, -0.2) is 4.79 Å². The number of benzene rings is 2. The Morgan fingerprint density at radius 3 is 2.24 bits per heavy atom. The summed E-state index contributed by atoms with van der Waals surface area (Å²) in [6.07, 6.45) is 0. The first-order chi connectivity index (χ1) is 10.0. The summed E-state index contributed by atoms with van der Waals surface area (Å²) in [4.78, 5) is 12.1. The lowest BCUT2D eigenvalue weighted by molar-refractivity contribution is -0.141. The Labute approximate surface area is 124 Å². The van der Waals surface area contributed by atoms with Crippen molar-refractivity contribution in [2.45, 2.75) is 19.9 Å². The predicted octanol–water partition coefficient (Wildman–Crippen LogP) is 3.34. The molecule has 4 nitrogen and oxygen atoms in total. The van der Waals surface area contributed by atoms with Crippen molar-refractivity contribution >= 4 is 11.7 Å². The van der Waals surface area contributed by atoms with Crippen molar-refractivity contribution in [1.29, 1.82) is 0 Å². The Balaban J connectivity index is 2.39. The second-order valence-corrected chi connectivity index (χ2v) is 4.97. The summed E-state index contributed by atoms with van der Waals surface area (Å²) in [5, 5.41) is 13.0. The van der Waals surface area contributed by atoms with Gasteiger partial charge in [0.05, 0.1) is 7.11 Å². The molecule has 2 aromatic carbocycles. The summed E-state index contributed by atoms with van der Waals surface area (Å²) in [6, 6.07) is 12.4. The van der Waals surface area contributed by atoms with E-state index in [1.165, 1.54) is 7.11 Å². The molecule has 0 aliphatic carbocycles. The van der Waals surface area contributed by atoms with Crippen molar-refractivity contribution < 1.29 is 14.6 Å². The van der Waals surface area contributed by atoms with Crippen LogP contribution < -0.4 is 5.32 Å². The molecule has 0 aromatic heterocycles. The van der Waals surface area contributed by atoms with E-state index < -0.39 is 6.04 Å². The van der Waals surface area contributed by atoms with E-state index >= 15 is 0 Å². The van der Waals surface area contributed by atoms with Gasteiger partial charge in [-0.3, -0.25) is 0 Å². The van der Waals surface area contributed by atoms with E-state index in [9.17, 15) is 9.90 Å². The number of methoxy groups -OCH3 is 1. The number of esters is 1. The fraction of sp³-hybridized carbons (Fsp3) is 0.235. The molecule has 0 spiro atoms. The maximum atomic E-state index is 12.1. The highest BCUT2D eigenvalue weighted by atomic mass is 16.5. The summed E-state index contributed by atoms with van der Waals surface area (Å²) in [5.74, 6) is -0.120. The number of ether oxygens (including phenoxy) is 1. The lowest BCUT2D eigenvalue weighted by Crippen LogP contribution is -2.22. The number of carbonyl (C=O) groups is 1. The maximum absolute atomic E-state index is 12.1. The molecule has 0 bridgehead atoms. The lowest BCUT2D eigenvalue weighted by atomic mass is 10.00. The Morgan fingerprint density at radius 1 is 1.14 bits per heavy atom. The van der Waals surface area contributed by atoms with Crippen LogP contribution >= 0.6 is 0 Å². The van der Waals surface area contributed by atoms with Gasteiger partial charge in [0.15, 0.2) is 6.04 Å². The van der Waals surface area contributed by atoms with E-state index in [-0.39, 0.29) is 11.7 Å².